The average Bonchev–Trinajstić information content (AvgIpc) is 3.03. The Morgan fingerprint density at radius 3 is 2.25 bits per heavy atom. The van der Waals surface area contributed by atoms with E-state index in [0.29, 0.717) is 70.3 Å². The maximum Gasteiger partial charge on any atom is 0.451 e. The van der Waals surface area contributed by atoms with E-state index in [0.717, 1.165) is 5.56 Å². The van der Waals surface area contributed by atoms with Gasteiger partial charge in [-0.05, 0) is 62.1 Å². The van der Waals surface area contributed by atoms with Gasteiger partial charge in [-0.1, -0.05) is 12.1 Å². The predicted octanol–water partition coefficient (Wildman–Crippen LogP) is 1.05. The van der Waals surface area contributed by atoms with E-state index in [-0.39, 0.29) is 41.5 Å². The minimum absolute atomic E-state index is 0.00903. The molecule has 4 rings (SSSR count). The Bertz CT molecular complexity index is 1800. The van der Waals surface area contributed by atoms with Crippen molar-refractivity contribution in [2.45, 2.75) is 56.8 Å². The summed E-state index contributed by atoms with van der Waals surface area (Å²) in [6.45, 7) is 1.16. The summed E-state index contributed by atoms with van der Waals surface area (Å²) in [5.74, 6) is -3.82. The summed E-state index contributed by atoms with van der Waals surface area (Å²) in [4.78, 5) is 35.6. The zero-order chi connectivity index (χ0) is 37.4. The summed E-state index contributed by atoms with van der Waals surface area (Å²) in [5.41, 5.74) is 6.83. The molecule has 280 valence electrons. The van der Waals surface area contributed by atoms with Crippen LogP contribution in [-0.2, 0) is 42.1 Å². The van der Waals surface area contributed by atoms with Gasteiger partial charge in [-0.15, -0.1) is 0 Å². The largest absolute Gasteiger partial charge is 0.451 e. The lowest BCUT2D eigenvalue weighted by molar-refractivity contribution is -0.144. The first-order valence-corrected chi connectivity index (χ1v) is 19.8. The van der Waals surface area contributed by atoms with Gasteiger partial charge in [0.25, 0.3) is 10.1 Å². The van der Waals surface area contributed by atoms with E-state index in [1.54, 1.807) is 29.2 Å². The van der Waals surface area contributed by atoms with Crippen molar-refractivity contribution in [2.24, 2.45) is 11.7 Å². The van der Waals surface area contributed by atoms with Crippen LogP contribution in [0.1, 0.15) is 49.1 Å². The fourth-order valence-corrected chi connectivity index (χ4v) is 7.72. The van der Waals surface area contributed by atoms with Crippen molar-refractivity contribution < 1.29 is 44.1 Å². The Hall–Kier alpha value is -4.06. The molecule has 20 heteroatoms. The van der Waals surface area contributed by atoms with Gasteiger partial charge < -0.3 is 26.2 Å². The van der Waals surface area contributed by atoms with E-state index in [1.807, 2.05) is 6.07 Å². The fourth-order valence-electron chi connectivity index (χ4n) is 5.89. The number of piperidine rings is 1. The first-order chi connectivity index (χ1) is 23.9. The Morgan fingerprint density at radius 1 is 1.00 bits per heavy atom. The maximum absolute atomic E-state index is 13.9. The van der Waals surface area contributed by atoms with Gasteiger partial charge in [0.1, 0.15) is 23.7 Å². The van der Waals surface area contributed by atoms with Crippen LogP contribution in [0.4, 0.5) is 24.8 Å². The number of nitrogens with zero attached hydrogens (tertiary/aromatic N) is 5. The van der Waals surface area contributed by atoms with Crippen LogP contribution >= 0.6 is 0 Å². The lowest BCUT2D eigenvalue weighted by atomic mass is 9.92. The summed E-state index contributed by atoms with van der Waals surface area (Å²) < 4.78 is 97.0. The number of aromatic nitrogens is 2. The number of nitriles is 1. The van der Waals surface area contributed by atoms with Crippen LogP contribution in [-0.4, -0.2) is 105 Å². The normalized spacial score (nSPS) is 17.7. The Balaban J connectivity index is 1.26. The number of amides is 2. The fraction of sp³-hybridized carbons (Fsp3) is 0.581. The highest BCUT2D eigenvalue weighted by atomic mass is 32.2. The summed E-state index contributed by atoms with van der Waals surface area (Å²) >= 11 is 0. The predicted molar refractivity (Wildman–Crippen MR) is 181 cm³/mol. The van der Waals surface area contributed by atoms with Gasteiger partial charge in [-0.3, -0.25) is 14.1 Å². The maximum atomic E-state index is 13.9. The van der Waals surface area contributed by atoms with Gasteiger partial charge in [0.15, 0.2) is 9.84 Å². The molecule has 2 aliphatic rings. The third kappa shape index (κ3) is 12.0. The van der Waals surface area contributed by atoms with Crippen molar-refractivity contribution in [2.75, 3.05) is 59.8 Å². The highest BCUT2D eigenvalue weighted by Crippen LogP contribution is 2.34. The number of alkyl halides is 3. The molecule has 1 aromatic carbocycles. The number of sulfone groups is 1. The molecule has 0 spiro atoms. The first-order valence-electron chi connectivity index (χ1n) is 16.4. The molecule has 2 atom stereocenters. The molecule has 0 unspecified atom stereocenters. The van der Waals surface area contributed by atoms with Crippen molar-refractivity contribution in [1.82, 2.24) is 20.6 Å². The van der Waals surface area contributed by atoms with Gasteiger partial charge in [0.05, 0.1) is 28.9 Å². The van der Waals surface area contributed by atoms with Crippen LogP contribution in [0, 0.1) is 17.2 Å². The second-order valence-corrected chi connectivity index (χ2v) is 16.4. The van der Waals surface area contributed by atoms with Crippen LogP contribution in [0.25, 0.3) is 0 Å². The van der Waals surface area contributed by atoms with Crippen molar-refractivity contribution in [1.29, 1.82) is 5.26 Å². The zero-order valence-electron chi connectivity index (χ0n) is 27.7. The Labute approximate surface area is 294 Å². The lowest BCUT2D eigenvalue weighted by Crippen LogP contribution is -2.57. The molecule has 1 aromatic heterocycles. The number of carbonyl (C=O) groups excluding carboxylic acids is 2. The van der Waals surface area contributed by atoms with E-state index in [9.17, 15) is 39.6 Å². The van der Waals surface area contributed by atoms with Crippen LogP contribution in [0.5, 0.6) is 0 Å². The van der Waals surface area contributed by atoms with Gasteiger partial charge >= 0.3 is 6.18 Å². The van der Waals surface area contributed by atoms with Crippen molar-refractivity contribution in [3.63, 3.8) is 0 Å². The summed E-state index contributed by atoms with van der Waals surface area (Å²) in [6, 6.07) is 8.23. The highest BCUT2D eigenvalue weighted by molar-refractivity contribution is 7.91. The number of benzene rings is 1. The number of nitrogens with one attached hydrogen (secondary N) is 2. The van der Waals surface area contributed by atoms with Crippen molar-refractivity contribution in [3.8, 4) is 6.07 Å². The van der Waals surface area contributed by atoms with E-state index in [2.05, 4.69) is 20.6 Å². The second kappa shape index (κ2) is 17.0. The number of nitrogens with two attached hydrogens (primary N) is 1. The molecule has 2 saturated heterocycles. The van der Waals surface area contributed by atoms with E-state index in [1.165, 1.54) is 11.0 Å². The minimum Gasteiger partial charge on any atom is -0.356 e. The molecule has 0 aliphatic carbocycles. The molecule has 5 N–H and O–H groups in total. The summed E-state index contributed by atoms with van der Waals surface area (Å²) in [7, 11) is -8.02. The first kappa shape index (κ1) is 39.7. The molecule has 3 heterocycles. The monoisotopic (exact) mass is 758 g/mol. The van der Waals surface area contributed by atoms with Crippen LogP contribution in [0.3, 0.4) is 0 Å². The minimum atomic E-state index is -4.81. The van der Waals surface area contributed by atoms with Crippen molar-refractivity contribution >= 4 is 43.4 Å². The molecule has 51 heavy (non-hydrogen) atoms. The third-order valence-corrected chi connectivity index (χ3v) is 11.3. The molecule has 0 saturated carbocycles. The number of anilines is 2. The van der Waals surface area contributed by atoms with Crippen LogP contribution in [0.15, 0.2) is 30.3 Å². The van der Waals surface area contributed by atoms with E-state index in [4.69, 9.17) is 15.5 Å². The molecule has 0 radical (unpaired) electrons. The van der Waals surface area contributed by atoms with Gasteiger partial charge in [0, 0.05) is 38.8 Å². The smallest absolute Gasteiger partial charge is 0.356 e. The number of rotatable bonds is 16. The van der Waals surface area contributed by atoms with Crippen LogP contribution < -0.4 is 26.2 Å². The molecular formula is C31H41F3N8O7S2. The number of hydrogen-bond acceptors (Lipinski definition) is 12. The summed E-state index contributed by atoms with van der Waals surface area (Å²) in [5, 5.41) is 14.0. The molecule has 2 fully saturated rings. The standard InChI is InChI=1S/C31H41F3N8O7S2/c32-31(33,34)30-39-26(18-27(40-30)42-15-10-25(42)29(44)37-11-7-22-3-5-23(19-35)6-4-22)41-13-8-21(9-14-41)2-1-16-50(45,46)17-12-38-28(43)24(36)20-51(47,48)49/h3-6,18,21,24-25H,1-2,7-17,20,36H2,(H,37,44)(H,38,43)(H,47,48,49)/t24-,25-/m0/s1. The van der Waals surface area contributed by atoms with Crippen LogP contribution in [0.2, 0.25) is 0 Å². The highest BCUT2D eigenvalue weighted by Gasteiger charge is 2.40. The van der Waals surface area contributed by atoms with E-state index >= 15 is 0 Å². The molecule has 2 amide bonds. The lowest BCUT2D eigenvalue weighted by Gasteiger charge is -2.41. The quantitative estimate of drug-likeness (QED) is 0.176. The van der Waals surface area contributed by atoms with E-state index < -0.39 is 55.7 Å². The molecular weight excluding hydrogens is 718 g/mol. The molecule has 0 bridgehead atoms. The van der Waals surface area contributed by atoms with Crippen molar-refractivity contribution in [3.05, 3.63) is 47.3 Å². The average molecular weight is 759 g/mol. The van der Waals surface area contributed by atoms with Gasteiger partial charge in [0.2, 0.25) is 17.6 Å². The molecule has 2 aliphatic heterocycles. The topological polar surface area (TPSA) is 229 Å². The number of carbonyl (C=O) groups is 2. The molecule has 2 aromatic rings. The molecule has 15 nitrogen and oxygen atoms in total. The summed E-state index contributed by atoms with van der Waals surface area (Å²) in [6.07, 6.45) is -1.75. The Morgan fingerprint density at radius 2 is 1.67 bits per heavy atom. The number of hydrogen-bond donors (Lipinski definition) is 4. The second-order valence-electron chi connectivity index (χ2n) is 12.6. The third-order valence-electron chi connectivity index (χ3n) is 8.81. The van der Waals surface area contributed by atoms with Gasteiger partial charge in [-0.25, -0.2) is 18.4 Å². The Kier molecular flexibility index (Phi) is 13.2. The van der Waals surface area contributed by atoms with Gasteiger partial charge in [-0.2, -0.15) is 26.9 Å². The zero-order valence-corrected chi connectivity index (χ0v) is 29.3. The number of halogens is 3. The SMILES string of the molecule is N#Cc1ccc(CCNC(=O)[C@@H]2CCN2c2cc(N3CCC(CCCS(=O)(=O)CCNC(=O)[C@@H](N)CS(=O)(=O)O)CC3)nc(C(F)(F)F)n2)cc1.